The summed E-state index contributed by atoms with van der Waals surface area (Å²) in [5.74, 6) is 0.513. The molecule has 0 amide bonds. The Hall–Kier alpha value is -1.80. The van der Waals surface area contributed by atoms with Gasteiger partial charge in [-0.1, -0.05) is 6.07 Å². The van der Waals surface area contributed by atoms with Gasteiger partial charge in [0.2, 0.25) is 6.08 Å². The van der Waals surface area contributed by atoms with Gasteiger partial charge in [-0.25, -0.2) is 4.79 Å². The first kappa shape index (κ1) is 10.3. The number of hydrogen-bond acceptors (Lipinski definition) is 4. The van der Waals surface area contributed by atoms with Gasteiger partial charge >= 0.3 is 0 Å². The summed E-state index contributed by atoms with van der Waals surface area (Å²) in [7, 11) is 0. The molecule has 0 aliphatic rings. The maximum absolute atomic E-state index is 10.2. The molecule has 0 spiro atoms. The van der Waals surface area contributed by atoms with E-state index in [0.29, 0.717) is 23.7 Å². The van der Waals surface area contributed by atoms with Crippen molar-refractivity contribution in [2.75, 3.05) is 12.3 Å². The van der Waals surface area contributed by atoms with Gasteiger partial charge < -0.3 is 10.5 Å². The number of isocyanates is 1. The van der Waals surface area contributed by atoms with Crippen LogP contribution in [0.5, 0.6) is 5.75 Å². The van der Waals surface area contributed by atoms with Gasteiger partial charge in [0.1, 0.15) is 11.4 Å². The van der Waals surface area contributed by atoms with Gasteiger partial charge in [-0.3, -0.25) is 0 Å². The van der Waals surface area contributed by atoms with Crippen LogP contribution in [-0.2, 0) is 4.79 Å². The molecule has 0 atom stereocenters. The number of rotatable bonds is 3. The Morgan fingerprint density at radius 1 is 1.57 bits per heavy atom. The molecule has 1 aromatic carbocycles. The van der Waals surface area contributed by atoms with Crippen LogP contribution < -0.4 is 10.5 Å². The monoisotopic (exact) mass is 192 g/mol. The van der Waals surface area contributed by atoms with E-state index in [2.05, 4.69) is 4.99 Å². The van der Waals surface area contributed by atoms with Crippen molar-refractivity contribution in [2.45, 2.75) is 13.8 Å². The first-order valence-corrected chi connectivity index (χ1v) is 4.30. The molecule has 0 saturated carbocycles. The van der Waals surface area contributed by atoms with Crippen LogP contribution in [0.1, 0.15) is 12.5 Å². The van der Waals surface area contributed by atoms with Crippen LogP contribution in [-0.4, -0.2) is 12.7 Å². The van der Waals surface area contributed by atoms with Crippen molar-refractivity contribution in [3.63, 3.8) is 0 Å². The number of aliphatic imine (C=N–C) groups is 1. The third-order valence-electron chi connectivity index (χ3n) is 1.86. The molecule has 74 valence electrons. The zero-order valence-electron chi connectivity index (χ0n) is 8.20. The number of aryl methyl sites for hydroxylation is 1. The van der Waals surface area contributed by atoms with Gasteiger partial charge in [-0.05, 0) is 25.5 Å². The fourth-order valence-electron chi connectivity index (χ4n) is 1.12. The maximum atomic E-state index is 10.2. The Kier molecular flexibility index (Phi) is 3.26. The summed E-state index contributed by atoms with van der Waals surface area (Å²) in [6.45, 7) is 4.20. The Balaban J connectivity index is 3.29. The van der Waals surface area contributed by atoms with Crippen LogP contribution in [0.3, 0.4) is 0 Å². The Morgan fingerprint density at radius 2 is 2.29 bits per heavy atom. The number of hydrogen-bond donors (Lipinski definition) is 1. The van der Waals surface area contributed by atoms with Crippen molar-refractivity contribution >= 4 is 17.5 Å². The molecule has 1 rings (SSSR count). The summed E-state index contributed by atoms with van der Waals surface area (Å²) >= 11 is 0. The molecule has 0 bridgehead atoms. The van der Waals surface area contributed by atoms with E-state index < -0.39 is 0 Å². The largest absolute Gasteiger partial charge is 0.491 e. The van der Waals surface area contributed by atoms with E-state index in [0.717, 1.165) is 5.56 Å². The molecule has 0 heterocycles. The molecule has 0 radical (unpaired) electrons. The van der Waals surface area contributed by atoms with E-state index in [4.69, 9.17) is 10.5 Å². The third kappa shape index (κ3) is 1.92. The summed E-state index contributed by atoms with van der Waals surface area (Å²) in [4.78, 5) is 13.7. The van der Waals surface area contributed by atoms with E-state index in [1.54, 1.807) is 6.07 Å². The van der Waals surface area contributed by atoms with Gasteiger partial charge in [0.25, 0.3) is 0 Å². The summed E-state index contributed by atoms with van der Waals surface area (Å²) in [6.07, 6.45) is 1.47. The third-order valence-corrected chi connectivity index (χ3v) is 1.86. The number of nitrogen functional groups attached to an aromatic ring is 1. The first-order valence-electron chi connectivity index (χ1n) is 4.30. The van der Waals surface area contributed by atoms with Crippen LogP contribution in [0.2, 0.25) is 0 Å². The smallest absolute Gasteiger partial charge is 0.240 e. The minimum absolute atomic E-state index is 0.363. The molecule has 4 nitrogen and oxygen atoms in total. The van der Waals surface area contributed by atoms with Gasteiger partial charge in [0.05, 0.1) is 12.3 Å². The number of ether oxygens (including phenoxy) is 1. The number of nitrogens with zero attached hydrogens (tertiary/aromatic N) is 1. The molecule has 14 heavy (non-hydrogen) atoms. The van der Waals surface area contributed by atoms with E-state index in [1.807, 2.05) is 19.9 Å². The normalized spacial score (nSPS) is 9.29. The fourth-order valence-corrected chi connectivity index (χ4v) is 1.12. The number of carbonyl (C=O) groups excluding carboxylic acids is 1. The topological polar surface area (TPSA) is 64.7 Å². The summed E-state index contributed by atoms with van der Waals surface area (Å²) in [5, 5.41) is 0. The minimum atomic E-state index is 0.363. The highest BCUT2D eigenvalue weighted by molar-refractivity contribution is 5.75. The van der Waals surface area contributed by atoms with Crippen LogP contribution in [0, 0.1) is 6.92 Å². The first-order chi connectivity index (χ1) is 6.70. The van der Waals surface area contributed by atoms with Gasteiger partial charge in [-0.15, -0.1) is 0 Å². The SMILES string of the molecule is CCOc1ccc(C)c(N)c1N=C=O. The Labute approximate surface area is 82.4 Å². The molecule has 0 aliphatic carbocycles. The molecule has 0 fully saturated rings. The highest BCUT2D eigenvalue weighted by Crippen LogP contribution is 2.35. The number of nitrogens with two attached hydrogens (primary N) is 1. The van der Waals surface area contributed by atoms with E-state index in [9.17, 15) is 4.79 Å². The van der Waals surface area contributed by atoms with Crippen LogP contribution in [0.25, 0.3) is 0 Å². The van der Waals surface area contributed by atoms with Gasteiger partial charge in [-0.2, -0.15) is 4.99 Å². The number of benzene rings is 1. The van der Waals surface area contributed by atoms with Crippen molar-refractivity contribution in [3.8, 4) is 5.75 Å². The second-order valence-electron chi connectivity index (χ2n) is 2.78. The highest BCUT2D eigenvalue weighted by Gasteiger charge is 2.08. The van der Waals surface area contributed by atoms with E-state index >= 15 is 0 Å². The molecular weight excluding hydrogens is 180 g/mol. The second-order valence-corrected chi connectivity index (χ2v) is 2.78. The van der Waals surface area contributed by atoms with Gasteiger partial charge in [0.15, 0.2) is 0 Å². The van der Waals surface area contributed by atoms with Crippen molar-refractivity contribution in [1.82, 2.24) is 0 Å². The molecule has 1 aromatic rings. The van der Waals surface area contributed by atoms with Crippen LogP contribution >= 0.6 is 0 Å². The van der Waals surface area contributed by atoms with Crippen molar-refractivity contribution in [2.24, 2.45) is 4.99 Å². The quantitative estimate of drug-likeness (QED) is 0.452. The zero-order valence-corrected chi connectivity index (χ0v) is 8.20. The van der Waals surface area contributed by atoms with E-state index in [1.165, 1.54) is 6.08 Å². The molecule has 0 aromatic heterocycles. The summed E-state index contributed by atoms with van der Waals surface area (Å²) < 4.78 is 5.27. The summed E-state index contributed by atoms with van der Waals surface area (Å²) in [6, 6.07) is 3.56. The molecule has 0 aliphatic heterocycles. The van der Waals surface area contributed by atoms with Crippen molar-refractivity contribution < 1.29 is 9.53 Å². The lowest BCUT2D eigenvalue weighted by Gasteiger charge is -2.09. The summed E-state index contributed by atoms with van der Waals surface area (Å²) in [5.41, 5.74) is 7.43. The number of anilines is 1. The molecule has 2 N–H and O–H groups in total. The predicted molar refractivity (Wildman–Crippen MR) is 54.5 cm³/mol. The second kappa shape index (κ2) is 4.44. The lowest BCUT2D eigenvalue weighted by Crippen LogP contribution is -1.96. The van der Waals surface area contributed by atoms with Crippen molar-refractivity contribution in [3.05, 3.63) is 17.7 Å². The Bertz CT molecular complexity index is 382. The molecule has 0 unspecified atom stereocenters. The van der Waals surface area contributed by atoms with Crippen LogP contribution in [0.15, 0.2) is 17.1 Å². The lowest BCUT2D eigenvalue weighted by molar-refractivity contribution is 0.341. The molecule has 0 saturated heterocycles. The van der Waals surface area contributed by atoms with E-state index in [-0.39, 0.29) is 0 Å². The Morgan fingerprint density at radius 3 is 2.86 bits per heavy atom. The van der Waals surface area contributed by atoms with Crippen LogP contribution in [0.4, 0.5) is 11.4 Å². The zero-order chi connectivity index (χ0) is 10.6. The van der Waals surface area contributed by atoms with Crippen molar-refractivity contribution in [1.29, 1.82) is 0 Å². The average molecular weight is 192 g/mol. The van der Waals surface area contributed by atoms with Gasteiger partial charge in [0, 0.05) is 0 Å². The fraction of sp³-hybridized carbons (Fsp3) is 0.300. The average Bonchev–Trinajstić information content (AvgIpc) is 2.18. The lowest BCUT2D eigenvalue weighted by atomic mass is 10.1. The highest BCUT2D eigenvalue weighted by atomic mass is 16.5. The minimum Gasteiger partial charge on any atom is -0.491 e. The molecular formula is C10H12N2O2. The molecule has 4 heteroatoms. The standard InChI is InChI=1S/C10H12N2O2/c1-3-14-8-5-4-7(2)9(11)10(8)12-6-13/h4-5H,3,11H2,1-2H3. The maximum Gasteiger partial charge on any atom is 0.240 e. The predicted octanol–water partition coefficient (Wildman–Crippen LogP) is 1.94.